The third-order valence-electron chi connectivity index (χ3n) is 8.41. The zero-order valence-corrected chi connectivity index (χ0v) is 26.4. The monoisotopic (exact) mass is 634 g/mol. The molecule has 6 rings (SSSR count). The Morgan fingerprint density at radius 2 is 1.91 bits per heavy atom. The number of anilines is 2. The van der Waals surface area contributed by atoms with Crippen LogP contribution in [0.3, 0.4) is 0 Å². The highest BCUT2D eigenvalue weighted by Crippen LogP contribution is 2.25. The number of benzene rings is 1. The van der Waals surface area contributed by atoms with Gasteiger partial charge in [-0.15, -0.1) is 0 Å². The van der Waals surface area contributed by atoms with Crippen molar-refractivity contribution in [3.63, 3.8) is 0 Å². The van der Waals surface area contributed by atoms with Crippen molar-refractivity contribution in [2.24, 2.45) is 5.92 Å². The van der Waals surface area contributed by atoms with Crippen LogP contribution in [0.15, 0.2) is 41.3 Å². The molecule has 3 N–H and O–H groups in total. The van der Waals surface area contributed by atoms with E-state index in [0.29, 0.717) is 76.6 Å². The van der Waals surface area contributed by atoms with Gasteiger partial charge in [-0.1, -0.05) is 19.9 Å². The van der Waals surface area contributed by atoms with Crippen molar-refractivity contribution < 1.29 is 28.6 Å². The first-order chi connectivity index (χ1) is 22.3. The maximum Gasteiger partial charge on any atom is 0.270 e. The Kier molecular flexibility index (Phi) is 9.95. The molecule has 0 saturated carbocycles. The van der Waals surface area contributed by atoms with Gasteiger partial charge >= 0.3 is 0 Å². The van der Waals surface area contributed by atoms with E-state index in [-0.39, 0.29) is 36.0 Å². The van der Waals surface area contributed by atoms with E-state index in [9.17, 15) is 14.7 Å². The molecular weight excluding hydrogens is 592 g/mol. The van der Waals surface area contributed by atoms with Gasteiger partial charge in [-0.3, -0.25) is 14.5 Å². The molecule has 3 aromatic rings. The standard InChI is InChI=1S/C32H42N8O6/c1-21(2)31(43)39-7-9-40(10-8-39)32-36-28(12-29(37-32)35-24-17-44-18-24)30(42)34-13-25(41)16-38-6-5-22-11-26(4-3-23(22)15-38)45-19-27-14-33-20-46-27/h3-4,11-12,14,20-21,24-25,41H,5-10,13,15-19H2,1-2H3,(H,34,42)(H,35,36,37)/t25-/m0/s1. The van der Waals surface area contributed by atoms with E-state index in [1.54, 1.807) is 12.3 Å². The molecule has 246 valence electrons. The number of β-amino-alcohol motifs (C(OH)–C–C–N with tert-alkyl or cyclic N) is 1. The second kappa shape index (κ2) is 14.4. The quantitative estimate of drug-likeness (QED) is 0.263. The van der Waals surface area contributed by atoms with E-state index in [0.717, 1.165) is 18.7 Å². The van der Waals surface area contributed by atoms with Crippen molar-refractivity contribution in [2.75, 3.05) is 69.2 Å². The van der Waals surface area contributed by atoms with Crippen molar-refractivity contribution >= 4 is 23.6 Å². The lowest BCUT2D eigenvalue weighted by atomic mass is 9.99. The van der Waals surface area contributed by atoms with E-state index in [1.165, 1.54) is 17.5 Å². The zero-order chi connectivity index (χ0) is 32.0. The molecule has 46 heavy (non-hydrogen) atoms. The zero-order valence-electron chi connectivity index (χ0n) is 26.4. The lowest BCUT2D eigenvalue weighted by molar-refractivity contribution is -0.134. The average Bonchev–Trinajstić information content (AvgIpc) is 3.58. The number of hydrogen-bond acceptors (Lipinski definition) is 12. The summed E-state index contributed by atoms with van der Waals surface area (Å²) in [6.45, 7) is 9.56. The number of aliphatic hydroxyl groups is 1. The number of piperazine rings is 1. The van der Waals surface area contributed by atoms with Crippen molar-refractivity contribution in [1.82, 2.24) is 30.1 Å². The lowest BCUT2D eigenvalue weighted by Crippen LogP contribution is -2.50. The Morgan fingerprint density at radius 1 is 1.09 bits per heavy atom. The first-order valence-electron chi connectivity index (χ1n) is 15.9. The first kappa shape index (κ1) is 31.7. The van der Waals surface area contributed by atoms with Crippen LogP contribution in [0.1, 0.15) is 41.2 Å². The Hall–Kier alpha value is -4.27. The van der Waals surface area contributed by atoms with E-state index in [2.05, 4.69) is 42.6 Å². The molecule has 3 aliphatic rings. The van der Waals surface area contributed by atoms with Gasteiger partial charge in [0.1, 0.15) is 23.9 Å². The normalized spacial score (nSPS) is 17.7. The maximum atomic E-state index is 13.3. The first-order valence-corrected chi connectivity index (χ1v) is 15.9. The van der Waals surface area contributed by atoms with Gasteiger partial charge in [-0.25, -0.2) is 9.97 Å². The van der Waals surface area contributed by atoms with Crippen LogP contribution < -0.4 is 20.3 Å². The van der Waals surface area contributed by atoms with Crippen LogP contribution in [0.2, 0.25) is 0 Å². The summed E-state index contributed by atoms with van der Waals surface area (Å²) in [5.74, 6) is 2.12. The number of carbonyl (C=O) groups is 2. The smallest absolute Gasteiger partial charge is 0.270 e. The number of nitrogens with one attached hydrogen (secondary N) is 2. The van der Waals surface area contributed by atoms with E-state index in [1.807, 2.05) is 29.7 Å². The molecule has 1 aromatic carbocycles. The fourth-order valence-electron chi connectivity index (χ4n) is 5.75. The van der Waals surface area contributed by atoms with Crippen molar-refractivity contribution in [3.05, 3.63) is 59.4 Å². The predicted molar refractivity (Wildman–Crippen MR) is 168 cm³/mol. The summed E-state index contributed by atoms with van der Waals surface area (Å²) < 4.78 is 16.3. The molecule has 3 aliphatic heterocycles. The molecule has 0 unspecified atom stereocenters. The molecule has 5 heterocycles. The van der Waals surface area contributed by atoms with Gasteiger partial charge in [0.25, 0.3) is 5.91 Å². The van der Waals surface area contributed by atoms with Crippen molar-refractivity contribution in [2.45, 2.75) is 45.6 Å². The molecule has 2 amide bonds. The van der Waals surface area contributed by atoms with Gasteiger partial charge < -0.3 is 39.4 Å². The minimum absolute atomic E-state index is 0.0541. The molecule has 2 saturated heterocycles. The molecule has 0 aliphatic carbocycles. The van der Waals surface area contributed by atoms with Crippen LogP contribution in [0.5, 0.6) is 5.75 Å². The predicted octanol–water partition coefficient (Wildman–Crippen LogP) is 1.31. The lowest BCUT2D eigenvalue weighted by Gasteiger charge is -2.36. The molecule has 2 fully saturated rings. The Labute approximate surface area is 268 Å². The SMILES string of the molecule is CC(C)C(=O)N1CCN(c2nc(NC3COC3)cc(C(=O)NC[C@H](O)CN3CCc4cc(OCc5cnco5)ccc4C3)n2)CC1. The topological polar surface area (TPSA) is 158 Å². The summed E-state index contributed by atoms with van der Waals surface area (Å²) in [6, 6.07) is 7.81. The Bertz CT molecular complexity index is 1490. The van der Waals surface area contributed by atoms with Crippen LogP contribution in [-0.4, -0.2) is 113 Å². The summed E-state index contributed by atoms with van der Waals surface area (Å²) in [7, 11) is 0. The highest BCUT2D eigenvalue weighted by Gasteiger charge is 2.27. The van der Waals surface area contributed by atoms with Crippen molar-refractivity contribution in [1.29, 1.82) is 0 Å². The molecular formula is C32H42N8O6. The number of carbonyl (C=O) groups excluding carboxylic acids is 2. The van der Waals surface area contributed by atoms with Crippen LogP contribution in [-0.2, 0) is 29.1 Å². The molecule has 0 bridgehead atoms. The molecule has 2 aromatic heterocycles. The number of aromatic nitrogens is 3. The molecule has 0 spiro atoms. The number of aliphatic hydroxyl groups excluding tert-OH is 1. The number of nitrogens with zero attached hydrogens (tertiary/aromatic N) is 6. The molecule has 1 atom stereocenters. The van der Waals surface area contributed by atoms with Gasteiger partial charge in [0, 0.05) is 64.3 Å². The van der Waals surface area contributed by atoms with Crippen LogP contribution in [0.4, 0.5) is 11.8 Å². The summed E-state index contributed by atoms with van der Waals surface area (Å²) >= 11 is 0. The molecule has 0 radical (unpaired) electrons. The van der Waals surface area contributed by atoms with Crippen LogP contribution >= 0.6 is 0 Å². The van der Waals surface area contributed by atoms with Crippen LogP contribution in [0.25, 0.3) is 0 Å². The largest absolute Gasteiger partial charge is 0.486 e. The Balaban J connectivity index is 1.02. The number of hydrogen-bond donors (Lipinski definition) is 3. The molecule has 14 nitrogen and oxygen atoms in total. The van der Waals surface area contributed by atoms with Gasteiger partial charge in [-0.05, 0) is 29.7 Å². The number of oxazole rings is 1. The minimum Gasteiger partial charge on any atom is -0.486 e. The average molecular weight is 635 g/mol. The maximum absolute atomic E-state index is 13.3. The second-order valence-electron chi connectivity index (χ2n) is 12.3. The summed E-state index contributed by atoms with van der Waals surface area (Å²) in [5.41, 5.74) is 2.63. The van der Waals surface area contributed by atoms with Crippen molar-refractivity contribution in [3.8, 4) is 5.75 Å². The highest BCUT2D eigenvalue weighted by molar-refractivity contribution is 5.93. The van der Waals surface area contributed by atoms with Gasteiger partial charge in [0.2, 0.25) is 11.9 Å². The Morgan fingerprint density at radius 3 is 2.63 bits per heavy atom. The van der Waals surface area contributed by atoms with Crippen LogP contribution in [0, 0.1) is 5.92 Å². The number of fused-ring (bicyclic) bond motifs is 1. The van der Waals surface area contributed by atoms with Gasteiger partial charge in [0.05, 0.1) is 31.6 Å². The number of rotatable bonds is 12. The third-order valence-corrected chi connectivity index (χ3v) is 8.41. The summed E-state index contributed by atoms with van der Waals surface area (Å²) in [5, 5.41) is 17.0. The fourth-order valence-corrected chi connectivity index (χ4v) is 5.75. The highest BCUT2D eigenvalue weighted by atomic mass is 16.5. The molecule has 14 heteroatoms. The fraction of sp³-hybridized carbons (Fsp3) is 0.531. The van der Waals surface area contributed by atoms with E-state index in [4.69, 9.17) is 13.9 Å². The van der Waals surface area contributed by atoms with E-state index < -0.39 is 6.10 Å². The summed E-state index contributed by atoms with van der Waals surface area (Å²) in [6.07, 6.45) is 3.10. The third kappa shape index (κ3) is 7.92. The van der Waals surface area contributed by atoms with Gasteiger partial charge in [-0.2, -0.15) is 4.98 Å². The van der Waals surface area contributed by atoms with Gasteiger partial charge in [0.15, 0.2) is 12.2 Å². The second-order valence-corrected chi connectivity index (χ2v) is 12.3. The minimum atomic E-state index is -0.757. The number of amides is 2. The van der Waals surface area contributed by atoms with E-state index >= 15 is 0 Å². The number of ether oxygens (including phenoxy) is 2. The summed E-state index contributed by atoms with van der Waals surface area (Å²) in [4.78, 5) is 44.9.